The first-order chi connectivity index (χ1) is 5.88. The Morgan fingerprint density at radius 1 is 1.31 bits per heavy atom. The molecule has 1 nitrogen and oxygen atoms in total. The third-order valence-corrected chi connectivity index (χ3v) is 2.11. The molecule has 1 aromatic rings. The van der Waals surface area contributed by atoms with E-state index in [0.29, 0.717) is 9.13 Å². The quantitative estimate of drug-likeness (QED) is 0.723. The van der Waals surface area contributed by atoms with Crippen LogP contribution in [0.4, 0.5) is 13.2 Å². The summed E-state index contributed by atoms with van der Waals surface area (Å²) in [6.07, 6.45) is -4.65. The molecule has 0 saturated heterocycles. The second-order valence-corrected chi connectivity index (χ2v) is 3.47. The van der Waals surface area contributed by atoms with Crippen LogP contribution in [0.25, 0.3) is 0 Å². The molecule has 0 saturated carbocycles. The van der Waals surface area contributed by atoms with Gasteiger partial charge in [-0.1, -0.05) is 6.07 Å². The normalized spacial score (nSPS) is 11.5. The summed E-state index contributed by atoms with van der Waals surface area (Å²) in [7, 11) is 0. The van der Waals surface area contributed by atoms with E-state index >= 15 is 0 Å². The van der Waals surface area contributed by atoms with Gasteiger partial charge in [0.1, 0.15) is 5.75 Å². The second kappa shape index (κ2) is 3.73. The highest BCUT2D eigenvalue weighted by atomic mass is 127. The van der Waals surface area contributed by atoms with Crippen LogP contribution in [0, 0.1) is 10.5 Å². The molecule has 0 amide bonds. The fourth-order valence-corrected chi connectivity index (χ4v) is 1.20. The lowest BCUT2D eigenvalue weighted by Crippen LogP contribution is -2.17. The summed E-state index contributed by atoms with van der Waals surface area (Å²) < 4.78 is 39.6. The first-order valence-corrected chi connectivity index (χ1v) is 4.33. The van der Waals surface area contributed by atoms with Crippen molar-refractivity contribution < 1.29 is 17.9 Å². The van der Waals surface area contributed by atoms with Gasteiger partial charge < -0.3 is 4.74 Å². The lowest BCUT2D eigenvalue weighted by atomic mass is 10.2. The van der Waals surface area contributed by atoms with Gasteiger partial charge >= 0.3 is 6.36 Å². The maximum atomic E-state index is 11.8. The van der Waals surface area contributed by atoms with Crippen LogP contribution in [0.5, 0.6) is 5.75 Å². The first kappa shape index (κ1) is 10.6. The Balaban J connectivity index is 2.94. The number of benzene rings is 1. The van der Waals surface area contributed by atoms with Gasteiger partial charge in [0.2, 0.25) is 0 Å². The van der Waals surface area contributed by atoms with Crippen LogP contribution < -0.4 is 4.74 Å². The van der Waals surface area contributed by atoms with Gasteiger partial charge in [0.05, 0.1) is 3.57 Å². The van der Waals surface area contributed by atoms with Crippen molar-refractivity contribution in [3.8, 4) is 5.75 Å². The van der Waals surface area contributed by atoms with Crippen molar-refractivity contribution in [2.45, 2.75) is 6.36 Å². The SMILES string of the molecule is [CH2]c1ccc(I)c(OC(F)(F)F)c1. The maximum absolute atomic E-state index is 11.8. The molecule has 0 unspecified atom stereocenters. The molecule has 1 rings (SSSR count). The molecule has 0 aliphatic heterocycles. The minimum absolute atomic E-state index is 0.208. The standard InChI is InChI=1S/C8H5F3IO/c1-5-2-3-6(12)7(4-5)13-8(9,10)11/h2-4H,1H2. The van der Waals surface area contributed by atoms with Crippen LogP contribution in [0.15, 0.2) is 18.2 Å². The van der Waals surface area contributed by atoms with Crippen molar-refractivity contribution in [1.29, 1.82) is 0 Å². The number of hydrogen-bond acceptors (Lipinski definition) is 1. The molecule has 0 aromatic heterocycles. The van der Waals surface area contributed by atoms with Crippen molar-refractivity contribution in [2.24, 2.45) is 0 Å². The lowest BCUT2D eigenvalue weighted by molar-refractivity contribution is -0.274. The molecular formula is C8H5F3IO. The Morgan fingerprint density at radius 2 is 1.92 bits per heavy atom. The molecular weight excluding hydrogens is 296 g/mol. The van der Waals surface area contributed by atoms with E-state index in [4.69, 9.17) is 0 Å². The van der Waals surface area contributed by atoms with E-state index in [-0.39, 0.29) is 5.75 Å². The van der Waals surface area contributed by atoms with Gasteiger partial charge in [-0.05, 0) is 47.2 Å². The molecule has 0 heterocycles. The van der Waals surface area contributed by atoms with E-state index < -0.39 is 6.36 Å². The molecule has 1 aromatic carbocycles. The molecule has 5 heteroatoms. The van der Waals surface area contributed by atoms with Crippen LogP contribution in [0.1, 0.15) is 5.56 Å². The number of hydrogen-bond donors (Lipinski definition) is 0. The topological polar surface area (TPSA) is 9.23 Å². The van der Waals surface area contributed by atoms with E-state index in [1.807, 2.05) is 0 Å². The Kier molecular flexibility index (Phi) is 3.05. The predicted octanol–water partition coefficient (Wildman–Crippen LogP) is 3.37. The minimum atomic E-state index is -4.65. The van der Waals surface area contributed by atoms with Crippen molar-refractivity contribution in [1.82, 2.24) is 0 Å². The monoisotopic (exact) mass is 301 g/mol. The third-order valence-electron chi connectivity index (χ3n) is 1.22. The van der Waals surface area contributed by atoms with Crippen LogP contribution >= 0.6 is 22.6 Å². The average molecular weight is 301 g/mol. The summed E-state index contributed by atoms with van der Waals surface area (Å²) in [5.41, 5.74) is 0.486. The second-order valence-electron chi connectivity index (χ2n) is 2.31. The average Bonchev–Trinajstić information content (AvgIpc) is 1.94. The number of alkyl halides is 3. The Morgan fingerprint density at radius 3 is 2.46 bits per heavy atom. The molecule has 1 radical (unpaired) electrons. The maximum Gasteiger partial charge on any atom is 0.573 e. The molecule has 0 aliphatic carbocycles. The predicted molar refractivity (Wildman–Crippen MR) is 50.3 cm³/mol. The van der Waals surface area contributed by atoms with Crippen molar-refractivity contribution in [2.75, 3.05) is 0 Å². The molecule has 0 fully saturated rings. The van der Waals surface area contributed by atoms with E-state index in [1.54, 1.807) is 28.7 Å². The molecule has 0 atom stereocenters. The molecule has 0 N–H and O–H groups in total. The van der Waals surface area contributed by atoms with Crippen LogP contribution in [0.3, 0.4) is 0 Å². The van der Waals surface area contributed by atoms with Gasteiger partial charge in [0.25, 0.3) is 0 Å². The number of halogens is 4. The lowest BCUT2D eigenvalue weighted by Gasteiger charge is -2.10. The third kappa shape index (κ3) is 3.41. The van der Waals surface area contributed by atoms with Crippen LogP contribution in [-0.4, -0.2) is 6.36 Å². The zero-order valence-corrected chi connectivity index (χ0v) is 8.52. The van der Waals surface area contributed by atoms with E-state index in [0.717, 1.165) is 0 Å². The summed E-state index contributed by atoms with van der Waals surface area (Å²) in [6.45, 7) is 3.50. The van der Waals surface area contributed by atoms with Crippen molar-refractivity contribution >= 4 is 22.6 Å². The van der Waals surface area contributed by atoms with Crippen LogP contribution in [-0.2, 0) is 0 Å². The largest absolute Gasteiger partial charge is 0.573 e. The Hall–Kier alpha value is -0.460. The van der Waals surface area contributed by atoms with E-state index in [1.165, 1.54) is 12.1 Å². The Bertz CT molecular complexity index is 309. The molecule has 0 aliphatic rings. The summed E-state index contributed by atoms with van der Waals surface area (Å²) in [4.78, 5) is 0. The summed E-state index contributed by atoms with van der Waals surface area (Å²) >= 11 is 1.76. The molecule has 0 bridgehead atoms. The van der Waals surface area contributed by atoms with Gasteiger partial charge in [-0.15, -0.1) is 13.2 Å². The van der Waals surface area contributed by atoms with Gasteiger partial charge in [-0.2, -0.15) is 0 Å². The molecule has 13 heavy (non-hydrogen) atoms. The molecule has 71 valence electrons. The van der Waals surface area contributed by atoms with Crippen LogP contribution in [0.2, 0.25) is 0 Å². The minimum Gasteiger partial charge on any atom is -0.405 e. The van der Waals surface area contributed by atoms with Gasteiger partial charge in [0, 0.05) is 0 Å². The van der Waals surface area contributed by atoms with E-state index in [2.05, 4.69) is 11.7 Å². The first-order valence-electron chi connectivity index (χ1n) is 3.26. The zero-order chi connectivity index (χ0) is 10.1. The Labute approximate surface area is 87.0 Å². The van der Waals surface area contributed by atoms with E-state index in [9.17, 15) is 13.2 Å². The highest BCUT2D eigenvalue weighted by molar-refractivity contribution is 14.1. The van der Waals surface area contributed by atoms with Gasteiger partial charge in [-0.25, -0.2) is 0 Å². The summed E-state index contributed by atoms with van der Waals surface area (Å²) in [5.74, 6) is -0.208. The van der Waals surface area contributed by atoms with Gasteiger partial charge in [-0.3, -0.25) is 0 Å². The summed E-state index contributed by atoms with van der Waals surface area (Å²) in [6, 6.07) is 4.38. The highest BCUT2D eigenvalue weighted by Gasteiger charge is 2.31. The fourth-order valence-electron chi connectivity index (χ4n) is 0.751. The molecule has 0 spiro atoms. The number of ether oxygens (including phenoxy) is 1. The highest BCUT2D eigenvalue weighted by Crippen LogP contribution is 2.28. The zero-order valence-electron chi connectivity index (χ0n) is 6.36. The summed E-state index contributed by atoms with van der Waals surface area (Å²) in [5, 5.41) is 0. The van der Waals surface area contributed by atoms with Gasteiger partial charge in [0.15, 0.2) is 0 Å². The fraction of sp³-hybridized carbons (Fsp3) is 0.125. The number of rotatable bonds is 1. The smallest absolute Gasteiger partial charge is 0.405 e. The van der Waals surface area contributed by atoms with Crippen molar-refractivity contribution in [3.05, 3.63) is 34.3 Å². The van der Waals surface area contributed by atoms with Crippen molar-refractivity contribution in [3.63, 3.8) is 0 Å².